The molecule has 3 N–H and O–H groups in total. The summed E-state index contributed by atoms with van der Waals surface area (Å²) in [6.45, 7) is 3.90. The number of amides is 2. The molecule has 0 bridgehead atoms. The Morgan fingerprint density at radius 3 is 2.70 bits per heavy atom. The van der Waals surface area contributed by atoms with E-state index >= 15 is 0 Å². The minimum absolute atomic E-state index is 0.0338. The van der Waals surface area contributed by atoms with E-state index < -0.39 is 5.91 Å². The Hall–Kier alpha value is -2.83. The minimum atomic E-state index is -0.411. The molecule has 2 aromatic rings. The third-order valence-electron chi connectivity index (χ3n) is 2.86. The first kappa shape index (κ1) is 16.5. The quantitative estimate of drug-likeness (QED) is 0.716. The smallest absolute Gasteiger partial charge is 0.272 e. The van der Waals surface area contributed by atoms with Gasteiger partial charge < -0.3 is 15.4 Å². The van der Waals surface area contributed by atoms with Gasteiger partial charge in [-0.2, -0.15) is 5.10 Å². The maximum Gasteiger partial charge on any atom is 0.272 e. The second-order valence-electron chi connectivity index (χ2n) is 5.29. The highest BCUT2D eigenvalue weighted by Crippen LogP contribution is 2.11. The number of rotatable bonds is 7. The van der Waals surface area contributed by atoms with Gasteiger partial charge in [0.25, 0.3) is 5.91 Å². The van der Waals surface area contributed by atoms with E-state index in [1.165, 1.54) is 0 Å². The lowest BCUT2D eigenvalue weighted by Crippen LogP contribution is -2.39. The van der Waals surface area contributed by atoms with Crippen molar-refractivity contribution >= 4 is 11.8 Å². The molecule has 23 heavy (non-hydrogen) atoms. The van der Waals surface area contributed by atoms with Crippen molar-refractivity contribution < 1.29 is 14.3 Å². The zero-order valence-electron chi connectivity index (χ0n) is 13.1. The summed E-state index contributed by atoms with van der Waals surface area (Å²) in [6, 6.07) is 11.0. The van der Waals surface area contributed by atoms with E-state index in [1.807, 2.05) is 44.2 Å². The van der Waals surface area contributed by atoms with Crippen molar-refractivity contribution in [2.75, 3.05) is 6.54 Å². The largest absolute Gasteiger partial charge is 0.487 e. The molecular formula is C16H20N4O3. The molecule has 0 fully saturated rings. The van der Waals surface area contributed by atoms with Crippen LogP contribution in [0.1, 0.15) is 30.0 Å². The number of aromatic nitrogens is 2. The van der Waals surface area contributed by atoms with E-state index in [1.54, 1.807) is 6.07 Å². The van der Waals surface area contributed by atoms with Gasteiger partial charge in [0.15, 0.2) is 0 Å². The normalized spacial score (nSPS) is 10.4. The molecule has 0 radical (unpaired) electrons. The number of ether oxygens (including phenoxy) is 1. The van der Waals surface area contributed by atoms with Crippen LogP contribution in [0.25, 0.3) is 0 Å². The number of aromatic amines is 1. The summed E-state index contributed by atoms with van der Waals surface area (Å²) in [7, 11) is 0. The average molecular weight is 316 g/mol. The van der Waals surface area contributed by atoms with E-state index in [4.69, 9.17) is 4.74 Å². The summed E-state index contributed by atoms with van der Waals surface area (Å²) in [5.41, 5.74) is 0.889. The Morgan fingerprint density at radius 1 is 1.26 bits per heavy atom. The molecule has 1 heterocycles. The van der Waals surface area contributed by atoms with Crippen molar-refractivity contribution in [2.45, 2.75) is 26.5 Å². The van der Waals surface area contributed by atoms with Crippen LogP contribution >= 0.6 is 0 Å². The molecule has 2 rings (SSSR count). The van der Waals surface area contributed by atoms with Gasteiger partial charge in [-0.1, -0.05) is 18.2 Å². The Balaban J connectivity index is 1.81. The van der Waals surface area contributed by atoms with E-state index in [2.05, 4.69) is 20.8 Å². The number of carbonyl (C=O) groups is 2. The minimum Gasteiger partial charge on any atom is -0.487 e. The molecule has 1 aromatic heterocycles. The molecule has 0 aliphatic rings. The highest BCUT2D eigenvalue weighted by Gasteiger charge is 2.12. The number of nitrogens with zero attached hydrogens (tertiary/aromatic N) is 1. The van der Waals surface area contributed by atoms with E-state index in [-0.39, 0.29) is 30.8 Å². The van der Waals surface area contributed by atoms with Crippen LogP contribution in [0.15, 0.2) is 36.4 Å². The van der Waals surface area contributed by atoms with Crippen molar-refractivity contribution in [3.05, 3.63) is 47.8 Å². The fourth-order valence-electron chi connectivity index (χ4n) is 1.85. The fourth-order valence-corrected chi connectivity index (χ4v) is 1.85. The maximum absolute atomic E-state index is 11.9. The van der Waals surface area contributed by atoms with Gasteiger partial charge in [-0.25, -0.2) is 0 Å². The van der Waals surface area contributed by atoms with Crippen LogP contribution in [-0.2, 0) is 11.4 Å². The van der Waals surface area contributed by atoms with Gasteiger partial charge >= 0.3 is 0 Å². The van der Waals surface area contributed by atoms with Crippen LogP contribution in [0, 0.1) is 0 Å². The molecule has 0 aliphatic heterocycles. The molecular weight excluding hydrogens is 296 g/mol. The number of nitrogens with one attached hydrogen (secondary N) is 3. The van der Waals surface area contributed by atoms with Gasteiger partial charge in [-0.15, -0.1) is 0 Å². The molecule has 0 unspecified atom stereocenters. The first-order valence-corrected chi connectivity index (χ1v) is 7.34. The average Bonchev–Trinajstić information content (AvgIpc) is 3.00. The van der Waals surface area contributed by atoms with Crippen LogP contribution in [0.4, 0.5) is 0 Å². The van der Waals surface area contributed by atoms with Crippen LogP contribution in [0.2, 0.25) is 0 Å². The second kappa shape index (κ2) is 7.98. The molecule has 0 atom stereocenters. The summed E-state index contributed by atoms with van der Waals surface area (Å²) in [5.74, 6) is 0.0843. The molecule has 0 saturated carbocycles. The zero-order valence-corrected chi connectivity index (χ0v) is 13.1. The van der Waals surface area contributed by atoms with Crippen LogP contribution in [0.5, 0.6) is 5.75 Å². The van der Waals surface area contributed by atoms with Gasteiger partial charge in [-0.3, -0.25) is 14.7 Å². The summed E-state index contributed by atoms with van der Waals surface area (Å²) < 4.78 is 5.56. The van der Waals surface area contributed by atoms with E-state index in [0.717, 1.165) is 5.75 Å². The van der Waals surface area contributed by atoms with Crippen molar-refractivity contribution in [3.63, 3.8) is 0 Å². The van der Waals surface area contributed by atoms with Crippen LogP contribution < -0.4 is 15.4 Å². The van der Waals surface area contributed by atoms with E-state index in [0.29, 0.717) is 5.69 Å². The fraction of sp³-hybridized carbons (Fsp3) is 0.312. The van der Waals surface area contributed by atoms with Crippen molar-refractivity contribution in [2.24, 2.45) is 0 Å². The number of benzene rings is 1. The molecule has 2 amide bonds. The summed E-state index contributed by atoms with van der Waals surface area (Å²) in [6.07, 6.45) is 0. The second-order valence-corrected chi connectivity index (χ2v) is 5.29. The lowest BCUT2D eigenvalue weighted by Gasteiger charge is -2.08. The van der Waals surface area contributed by atoms with Gasteiger partial charge in [0.2, 0.25) is 5.91 Å². The number of para-hydroxylation sites is 1. The molecule has 122 valence electrons. The van der Waals surface area contributed by atoms with Gasteiger partial charge in [-0.05, 0) is 32.0 Å². The maximum atomic E-state index is 11.9. The standard InChI is InChI=1S/C16H20N4O3/c1-11(2)18-15(21)9-17-16(22)14-8-12(19-20-14)10-23-13-6-4-3-5-7-13/h3-8,11H,9-10H2,1-2H3,(H,17,22)(H,18,21)(H,19,20). The van der Waals surface area contributed by atoms with Crippen molar-refractivity contribution in [1.82, 2.24) is 20.8 Å². The number of carbonyl (C=O) groups excluding carboxylic acids is 2. The number of H-pyrrole nitrogens is 1. The SMILES string of the molecule is CC(C)NC(=O)CNC(=O)c1cc(COc2ccccc2)[nH]n1. The monoisotopic (exact) mass is 316 g/mol. The Labute approximate surface area is 134 Å². The third-order valence-corrected chi connectivity index (χ3v) is 2.86. The van der Waals surface area contributed by atoms with Crippen molar-refractivity contribution in [3.8, 4) is 5.75 Å². The van der Waals surface area contributed by atoms with Gasteiger partial charge in [0, 0.05) is 6.04 Å². The highest BCUT2D eigenvalue weighted by atomic mass is 16.5. The van der Waals surface area contributed by atoms with Gasteiger partial charge in [0.05, 0.1) is 12.2 Å². The van der Waals surface area contributed by atoms with Crippen LogP contribution in [0.3, 0.4) is 0 Å². The van der Waals surface area contributed by atoms with E-state index in [9.17, 15) is 9.59 Å². The Bertz CT molecular complexity index is 652. The predicted molar refractivity (Wildman–Crippen MR) is 85.0 cm³/mol. The van der Waals surface area contributed by atoms with Crippen molar-refractivity contribution in [1.29, 1.82) is 0 Å². The number of hydrogen-bond donors (Lipinski definition) is 3. The zero-order chi connectivity index (χ0) is 16.7. The molecule has 0 spiro atoms. The Kier molecular flexibility index (Phi) is 5.74. The highest BCUT2D eigenvalue weighted by molar-refractivity contribution is 5.94. The third kappa shape index (κ3) is 5.46. The summed E-state index contributed by atoms with van der Waals surface area (Å²) in [5, 5.41) is 11.9. The summed E-state index contributed by atoms with van der Waals surface area (Å²) in [4.78, 5) is 23.4. The number of hydrogen-bond acceptors (Lipinski definition) is 4. The molecule has 7 heteroatoms. The lowest BCUT2D eigenvalue weighted by molar-refractivity contribution is -0.120. The predicted octanol–water partition coefficient (Wildman–Crippen LogP) is 1.24. The molecule has 0 saturated heterocycles. The Morgan fingerprint density at radius 2 is 2.00 bits per heavy atom. The van der Waals surface area contributed by atoms with Gasteiger partial charge in [0.1, 0.15) is 18.1 Å². The lowest BCUT2D eigenvalue weighted by atomic mass is 10.3. The first-order chi connectivity index (χ1) is 11.0. The molecule has 0 aliphatic carbocycles. The first-order valence-electron chi connectivity index (χ1n) is 7.34. The topological polar surface area (TPSA) is 96.1 Å². The van der Waals surface area contributed by atoms with Crippen LogP contribution in [-0.4, -0.2) is 34.6 Å². The molecule has 7 nitrogen and oxygen atoms in total. The summed E-state index contributed by atoms with van der Waals surface area (Å²) >= 11 is 0. The molecule has 1 aromatic carbocycles.